The summed E-state index contributed by atoms with van der Waals surface area (Å²) in [5.74, 6) is 1.01. The van der Waals surface area contributed by atoms with Crippen molar-refractivity contribution in [1.82, 2.24) is 9.88 Å². The van der Waals surface area contributed by atoms with E-state index in [4.69, 9.17) is 9.73 Å². The van der Waals surface area contributed by atoms with Gasteiger partial charge in [0, 0.05) is 58.4 Å². The zero-order valence-corrected chi connectivity index (χ0v) is 20.8. The van der Waals surface area contributed by atoms with E-state index in [1.165, 1.54) is 12.7 Å². The summed E-state index contributed by atoms with van der Waals surface area (Å²) in [7, 11) is 0.653. The highest BCUT2D eigenvalue weighted by molar-refractivity contribution is 7.85. The van der Waals surface area contributed by atoms with Gasteiger partial charge in [0.25, 0.3) is 0 Å². The molecule has 36 heavy (non-hydrogen) atoms. The van der Waals surface area contributed by atoms with Gasteiger partial charge in [0.15, 0.2) is 5.88 Å². The summed E-state index contributed by atoms with van der Waals surface area (Å²) < 4.78 is 16.4. The highest BCUT2D eigenvalue weighted by Gasteiger charge is 2.20. The van der Waals surface area contributed by atoms with Gasteiger partial charge in [-0.2, -0.15) is 0 Å². The molecule has 0 unspecified atom stereocenters. The number of ether oxygens (including phenoxy) is 1. The van der Waals surface area contributed by atoms with Gasteiger partial charge in [-0.1, -0.05) is 48.5 Å². The number of rotatable bonds is 6. The first-order valence-corrected chi connectivity index (χ1v) is 13.2. The van der Waals surface area contributed by atoms with Gasteiger partial charge >= 0.3 is 5.97 Å². The van der Waals surface area contributed by atoms with Crippen molar-refractivity contribution in [3.8, 4) is 5.88 Å². The lowest BCUT2D eigenvalue weighted by Crippen LogP contribution is -2.37. The van der Waals surface area contributed by atoms with E-state index in [9.17, 15) is 14.1 Å². The van der Waals surface area contributed by atoms with E-state index in [2.05, 4.69) is 22.0 Å². The minimum Gasteiger partial charge on any atom is -0.494 e. The van der Waals surface area contributed by atoms with Crippen molar-refractivity contribution >= 4 is 39.1 Å². The lowest BCUT2D eigenvalue weighted by atomic mass is 10.00. The van der Waals surface area contributed by atoms with Crippen LogP contribution in [0.25, 0.3) is 10.9 Å². The van der Waals surface area contributed by atoms with Crippen molar-refractivity contribution in [2.45, 2.75) is 6.54 Å². The van der Waals surface area contributed by atoms with Crippen LogP contribution in [0.15, 0.2) is 77.8 Å². The van der Waals surface area contributed by atoms with E-state index in [1.807, 2.05) is 42.5 Å². The fourth-order valence-electron chi connectivity index (χ4n) is 4.43. The summed E-state index contributed by atoms with van der Waals surface area (Å²) in [6.07, 6.45) is 0. The maximum absolute atomic E-state index is 12.0. The Labute approximate surface area is 211 Å². The summed E-state index contributed by atoms with van der Waals surface area (Å²) in [6, 6.07) is 22.9. The number of aromatic amines is 1. The first-order chi connectivity index (χ1) is 17.5. The molecule has 5 rings (SSSR count). The lowest BCUT2D eigenvalue weighted by Gasteiger charge is -2.26. The van der Waals surface area contributed by atoms with Crippen LogP contribution < -0.4 is 0 Å². The number of methoxy groups -OCH3 is 1. The maximum Gasteiger partial charge on any atom is 0.337 e. The van der Waals surface area contributed by atoms with Gasteiger partial charge in [0.1, 0.15) is 0 Å². The molecule has 184 valence electrons. The fraction of sp³-hybridized carbons (Fsp3) is 0.214. The molecular formula is C28H27N3O4S. The van der Waals surface area contributed by atoms with E-state index >= 15 is 0 Å². The Morgan fingerprint density at radius 3 is 2.44 bits per heavy atom. The molecule has 1 aromatic heterocycles. The summed E-state index contributed by atoms with van der Waals surface area (Å²) in [5, 5.41) is 11.6. The average Bonchev–Trinajstić information content (AvgIpc) is 3.24. The Balaban J connectivity index is 1.51. The van der Waals surface area contributed by atoms with Gasteiger partial charge < -0.3 is 14.8 Å². The highest BCUT2D eigenvalue weighted by Crippen LogP contribution is 2.32. The Hall–Kier alpha value is -3.75. The number of benzene rings is 3. The molecule has 8 heteroatoms. The zero-order valence-electron chi connectivity index (χ0n) is 19.9. The first-order valence-electron chi connectivity index (χ1n) is 11.8. The number of aromatic hydroxyl groups is 1. The molecule has 1 fully saturated rings. The molecule has 0 atom stereocenters. The third-order valence-corrected chi connectivity index (χ3v) is 7.61. The number of fused-ring (bicyclic) bond motifs is 1. The van der Waals surface area contributed by atoms with E-state index in [0.29, 0.717) is 22.4 Å². The summed E-state index contributed by atoms with van der Waals surface area (Å²) in [5.41, 5.74) is 4.99. The van der Waals surface area contributed by atoms with Crippen LogP contribution in [0.2, 0.25) is 0 Å². The Bertz CT molecular complexity index is 1440. The van der Waals surface area contributed by atoms with Crippen LogP contribution in [0.4, 0.5) is 5.69 Å². The van der Waals surface area contributed by atoms with Crippen LogP contribution in [0.1, 0.15) is 27.0 Å². The van der Waals surface area contributed by atoms with Gasteiger partial charge in [-0.3, -0.25) is 9.11 Å². The monoisotopic (exact) mass is 501 g/mol. The maximum atomic E-state index is 12.0. The molecule has 2 N–H and O–H groups in total. The first kappa shape index (κ1) is 24.0. The number of hydrogen-bond donors (Lipinski definition) is 2. The zero-order chi connectivity index (χ0) is 25.1. The van der Waals surface area contributed by atoms with Gasteiger partial charge in [-0.25, -0.2) is 9.79 Å². The standard InChI is InChI=1S/C28H27N3O4S/c1-35-28(33)21-9-12-23-24(17-21)30-27(32)25(23)26(20-5-3-2-4-6-20)29-22-10-7-19(8-11-22)18-31-13-15-36(34)16-14-31/h2-12,17,30,32H,13-16,18H2,1H3. The van der Waals surface area contributed by atoms with Gasteiger partial charge in [-0.15, -0.1) is 0 Å². The number of esters is 1. The average molecular weight is 502 g/mol. The Kier molecular flexibility index (Phi) is 6.97. The second kappa shape index (κ2) is 10.5. The SMILES string of the molecule is COC(=O)c1ccc2c(C(=Nc3ccc(CN4CCS(=O)CC4)cc3)c3ccccc3)c(O)[nH]c2c1. The number of hydrogen-bond acceptors (Lipinski definition) is 6. The van der Waals surface area contributed by atoms with Gasteiger partial charge in [0.2, 0.25) is 0 Å². The summed E-state index contributed by atoms with van der Waals surface area (Å²) in [6.45, 7) is 2.52. The number of nitrogens with one attached hydrogen (secondary N) is 1. The number of carbonyl (C=O) groups excluding carboxylic acids is 1. The predicted molar refractivity (Wildman–Crippen MR) is 143 cm³/mol. The molecular weight excluding hydrogens is 474 g/mol. The number of aromatic nitrogens is 1. The smallest absolute Gasteiger partial charge is 0.337 e. The number of carbonyl (C=O) groups is 1. The topological polar surface area (TPSA) is 95.0 Å². The number of aliphatic imine (C=N–C) groups is 1. The Morgan fingerprint density at radius 2 is 1.75 bits per heavy atom. The normalized spacial score (nSPS) is 15.3. The van der Waals surface area contributed by atoms with Crippen LogP contribution in [0.5, 0.6) is 5.88 Å². The third kappa shape index (κ3) is 5.10. The van der Waals surface area contributed by atoms with Crippen LogP contribution in [-0.4, -0.2) is 62.6 Å². The largest absolute Gasteiger partial charge is 0.494 e. The van der Waals surface area contributed by atoms with Crippen molar-refractivity contribution in [3.05, 3.63) is 95.1 Å². The highest BCUT2D eigenvalue weighted by atomic mass is 32.2. The molecule has 3 aromatic carbocycles. The molecule has 1 aliphatic rings. The molecule has 0 bridgehead atoms. The van der Waals surface area contributed by atoms with E-state index < -0.39 is 16.8 Å². The van der Waals surface area contributed by atoms with Crippen LogP contribution >= 0.6 is 0 Å². The minimum absolute atomic E-state index is 0.0197. The molecule has 4 aromatic rings. The molecule has 0 aliphatic carbocycles. The van der Waals surface area contributed by atoms with E-state index in [1.54, 1.807) is 18.2 Å². The molecule has 0 amide bonds. The molecule has 0 radical (unpaired) electrons. The van der Waals surface area contributed by atoms with Crippen molar-refractivity contribution in [2.24, 2.45) is 4.99 Å². The number of nitrogens with zero attached hydrogens (tertiary/aromatic N) is 2. The summed E-state index contributed by atoms with van der Waals surface area (Å²) in [4.78, 5) is 22.2. The fourth-order valence-corrected chi connectivity index (χ4v) is 5.55. The molecule has 7 nitrogen and oxygen atoms in total. The molecule has 0 saturated carbocycles. The molecule has 1 saturated heterocycles. The van der Waals surface area contributed by atoms with Crippen LogP contribution in [0.3, 0.4) is 0 Å². The van der Waals surface area contributed by atoms with Crippen molar-refractivity contribution in [1.29, 1.82) is 0 Å². The summed E-state index contributed by atoms with van der Waals surface area (Å²) >= 11 is 0. The van der Waals surface area contributed by atoms with Crippen molar-refractivity contribution < 1.29 is 18.8 Å². The second-order valence-electron chi connectivity index (χ2n) is 8.72. The number of H-pyrrole nitrogens is 1. The second-order valence-corrected chi connectivity index (χ2v) is 10.4. The van der Waals surface area contributed by atoms with Crippen LogP contribution in [-0.2, 0) is 22.1 Å². The quantitative estimate of drug-likeness (QED) is 0.302. The molecule has 2 heterocycles. The lowest BCUT2D eigenvalue weighted by molar-refractivity contribution is 0.0601. The van der Waals surface area contributed by atoms with E-state index in [-0.39, 0.29) is 5.88 Å². The van der Waals surface area contributed by atoms with Crippen molar-refractivity contribution in [3.63, 3.8) is 0 Å². The van der Waals surface area contributed by atoms with Gasteiger partial charge in [-0.05, 0) is 29.8 Å². The molecule has 0 spiro atoms. The predicted octanol–water partition coefficient (Wildman–Crippen LogP) is 4.39. The Morgan fingerprint density at radius 1 is 1.03 bits per heavy atom. The molecule has 1 aliphatic heterocycles. The van der Waals surface area contributed by atoms with Crippen molar-refractivity contribution in [2.75, 3.05) is 31.7 Å². The van der Waals surface area contributed by atoms with E-state index in [0.717, 1.165) is 47.8 Å². The van der Waals surface area contributed by atoms with Gasteiger partial charge in [0.05, 0.1) is 29.6 Å². The minimum atomic E-state index is -0.684. The third-order valence-electron chi connectivity index (χ3n) is 6.34. The van der Waals surface area contributed by atoms with Crippen LogP contribution in [0, 0.1) is 0 Å².